The van der Waals surface area contributed by atoms with Gasteiger partial charge in [-0.3, -0.25) is 15.5 Å². The first-order valence-corrected chi connectivity index (χ1v) is 9.26. The van der Waals surface area contributed by atoms with Gasteiger partial charge in [0.15, 0.2) is 10.7 Å². The number of nitro groups is 1. The Balaban J connectivity index is 1.84. The number of hydrogen-bond donors (Lipinski definition) is 1. The van der Waals surface area contributed by atoms with Crippen LogP contribution in [0.25, 0.3) is 11.3 Å². The highest BCUT2D eigenvalue weighted by Crippen LogP contribution is 2.34. The van der Waals surface area contributed by atoms with Gasteiger partial charge in [0.2, 0.25) is 0 Å². The van der Waals surface area contributed by atoms with Crippen molar-refractivity contribution in [3.05, 3.63) is 73.6 Å². The van der Waals surface area contributed by atoms with E-state index in [-0.39, 0.29) is 27.1 Å². The minimum absolute atomic E-state index is 0.00486. The number of aromatic nitrogens is 1. The van der Waals surface area contributed by atoms with Crippen molar-refractivity contribution in [1.82, 2.24) is 4.98 Å². The predicted molar refractivity (Wildman–Crippen MR) is 106 cm³/mol. The van der Waals surface area contributed by atoms with Crippen LogP contribution in [0.15, 0.2) is 52.9 Å². The quantitative estimate of drug-likeness (QED) is 0.303. The van der Waals surface area contributed by atoms with Gasteiger partial charge in [0.25, 0.3) is 5.69 Å². The Bertz CT molecular complexity index is 1170. The highest BCUT2D eigenvalue weighted by molar-refractivity contribution is 7.12. The average Bonchev–Trinajstić information content (AvgIpc) is 3.19. The first-order valence-electron chi connectivity index (χ1n) is 8.00. The third kappa shape index (κ3) is 4.73. The number of nitrogens with zero attached hydrogens (tertiary/aromatic N) is 4. The molecule has 1 N–H and O–H groups in total. The molecule has 0 radical (unpaired) electrons. The van der Waals surface area contributed by atoms with E-state index in [0.717, 1.165) is 29.5 Å². The summed E-state index contributed by atoms with van der Waals surface area (Å²) in [4.78, 5) is 14.5. The van der Waals surface area contributed by atoms with Crippen LogP contribution in [0, 0.1) is 21.4 Å². The first kappa shape index (κ1) is 21.2. The van der Waals surface area contributed by atoms with Gasteiger partial charge in [-0.2, -0.15) is 23.5 Å². The van der Waals surface area contributed by atoms with E-state index in [4.69, 9.17) is 11.6 Å². The second kappa shape index (κ2) is 8.48. The maximum Gasteiger partial charge on any atom is 0.416 e. The molecule has 7 nitrogen and oxygen atoms in total. The molecule has 0 saturated carbocycles. The number of alkyl halides is 3. The zero-order chi connectivity index (χ0) is 21.9. The molecule has 0 aliphatic rings. The Kier molecular flexibility index (Phi) is 6.00. The van der Waals surface area contributed by atoms with Crippen molar-refractivity contribution in [3.8, 4) is 17.3 Å². The molecule has 30 heavy (non-hydrogen) atoms. The van der Waals surface area contributed by atoms with Gasteiger partial charge >= 0.3 is 6.18 Å². The Labute approximate surface area is 176 Å². The first-order chi connectivity index (χ1) is 14.2. The summed E-state index contributed by atoms with van der Waals surface area (Å²) in [6.07, 6.45) is -4.56. The van der Waals surface area contributed by atoms with Crippen molar-refractivity contribution in [2.75, 3.05) is 5.43 Å². The molecule has 3 aromatic rings. The Morgan fingerprint density at radius 1 is 1.27 bits per heavy atom. The largest absolute Gasteiger partial charge is 0.416 e. The topological polar surface area (TPSA) is 104 Å². The molecule has 0 bridgehead atoms. The van der Waals surface area contributed by atoms with Crippen LogP contribution < -0.4 is 5.43 Å². The summed E-state index contributed by atoms with van der Waals surface area (Å²) in [6, 6.07) is 10.2. The highest BCUT2D eigenvalue weighted by atomic mass is 35.5. The van der Waals surface area contributed by atoms with Gasteiger partial charge in [-0.25, -0.2) is 4.98 Å². The molecule has 1 aromatic heterocycles. The van der Waals surface area contributed by atoms with Crippen molar-refractivity contribution < 1.29 is 18.1 Å². The molecule has 3 rings (SSSR count). The van der Waals surface area contributed by atoms with E-state index in [1.807, 2.05) is 6.07 Å². The molecule has 0 aliphatic heterocycles. The number of non-ortho nitro benzene ring substituents is 1. The fraction of sp³-hybridized carbons (Fsp3) is 0.0556. The summed E-state index contributed by atoms with van der Waals surface area (Å²) in [6.45, 7) is 0. The number of nitriles is 1. The molecule has 0 saturated heterocycles. The molecule has 152 valence electrons. The van der Waals surface area contributed by atoms with Crippen molar-refractivity contribution >= 4 is 40.0 Å². The van der Waals surface area contributed by atoms with E-state index in [2.05, 4.69) is 15.5 Å². The van der Waals surface area contributed by atoms with E-state index in [1.165, 1.54) is 24.3 Å². The fourth-order valence-corrected chi connectivity index (χ4v) is 3.22. The Morgan fingerprint density at radius 2 is 1.97 bits per heavy atom. The van der Waals surface area contributed by atoms with Crippen LogP contribution in [-0.4, -0.2) is 15.6 Å². The molecular weight excluding hydrogens is 443 g/mol. The standard InChI is InChI=1S/C18H9ClF3N5O2S/c19-13-6-3-11(18(20,21)22)7-14(13)25-26-15(8-23)17-24-16(9-30-17)10-1-4-12(5-2-10)27(28)29/h1-7,9,25H/b26-15-. The minimum atomic E-state index is -4.56. The number of hydrazone groups is 1. The van der Waals surface area contributed by atoms with Crippen molar-refractivity contribution in [1.29, 1.82) is 5.26 Å². The third-order valence-corrected chi connectivity index (χ3v) is 4.95. The van der Waals surface area contributed by atoms with Gasteiger partial charge in [0.1, 0.15) is 6.07 Å². The molecule has 1 heterocycles. The molecule has 12 heteroatoms. The van der Waals surface area contributed by atoms with Crippen LogP contribution in [0.5, 0.6) is 0 Å². The summed E-state index contributed by atoms with van der Waals surface area (Å²) in [5, 5.41) is 25.7. The van der Waals surface area contributed by atoms with Crippen LogP contribution in [0.2, 0.25) is 5.02 Å². The van der Waals surface area contributed by atoms with E-state index in [1.54, 1.807) is 5.38 Å². The molecule has 0 amide bonds. The number of hydrogen-bond acceptors (Lipinski definition) is 7. The summed E-state index contributed by atoms with van der Waals surface area (Å²) in [5.74, 6) is 0. The van der Waals surface area contributed by atoms with Crippen molar-refractivity contribution in [3.63, 3.8) is 0 Å². The molecule has 0 aliphatic carbocycles. The fourth-order valence-electron chi connectivity index (χ4n) is 2.29. The van der Waals surface area contributed by atoms with Crippen molar-refractivity contribution in [2.45, 2.75) is 6.18 Å². The second-order valence-electron chi connectivity index (χ2n) is 5.72. The SMILES string of the molecule is N#C/C(=N/Nc1cc(C(F)(F)F)ccc1Cl)c1nc(-c2ccc([N+](=O)[O-])cc2)cs1. The van der Waals surface area contributed by atoms with E-state index in [9.17, 15) is 28.5 Å². The lowest BCUT2D eigenvalue weighted by atomic mass is 10.1. The molecule has 2 aromatic carbocycles. The number of benzene rings is 2. The number of nitrogens with one attached hydrogen (secondary N) is 1. The lowest BCUT2D eigenvalue weighted by Crippen LogP contribution is -2.06. The zero-order valence-corrected chi connectivity index (χ0v) is 16.2. The summed E-state index contributed by atoms with van der Waals surface area (Å²) in [5.41, 5.74) is 2.15. The number of thiazole rings is 1. The number of halogens is 4. The summed E-state index contributed by atoms with van der Waals surface area (Å²) >= 11 is 6.98. The van der Waals surface area contributed by atoms with Gasteiger partial charge in [0.05, 0.1) is 26.9 Å². The normalized spacial score (nSPS) is 11.8. The molecule has 0 unspecified atom stereocenters. The van der Waals surface area contributed by atoms with E-state index < -0.39 is 16.7 Å². The predicted octanol–water partition coefficient (Wildman–Crippen LogP) is 5.73. The van der Waals surface area contributed by atoms with Crippen LogP contribution >= 0.6 is 22.9 Å². The third-order valence-electron chi connectivity index (χ3n) is 3.77. The van der Waals surface area contributed by atoms with Gasteiger partial charge in [0, 0.05) is 23.1 Å². The van der Waals surface area contributed by atoms with Gasteiger partial charge in [-0.15, -0.1) is 11.3 Å². The molecule has 0 fully saturated rings. The maximum atomic E-state index is 12.9. The van der Waals surface area contributed by atoms with Gasteiger partial charge < -0.3 is 0 Å². The van der Waals surface area contributed by atoms with Crippen LogP contribution in [0.4, 0.5) is 24.5 Å². The molecular formula is C18H9ClF3N5O2S. The van der Waals surface area contributed by atoms with E-state index in [0.29, 0.717) is 11.3 Å². The number of nitro benzene ring substituents is 1. The monoisotopic (exact) mass is 451 g/mol. The van der Waals surface area contributed by atoms with Crippen molar-refractivity contribution in [2.24, 2.45) is 5.10 Å². The zero-order valence-electron chi connectivity index (χ0n) is 14.6. The number of rotatable bonds is 5. The lowest BCUT2D eigenvalue weighted by Gasteiger charge is -2.10. The highest BCUT2D eigenvalue weighted by Gasteiger charge is 2.31. The average molecular weight is 452 g/mol. The maximum absolute atomic E-state index is 12.9. The smallest absolute Gasteiger partial charge is 0.276 e. The molecule has 0 spiro atoms. The van der Waals surface area contributed by atoms with Gasteiger partial charge in [-0.05, 0) is 30.3 Å². The lowest BCUT2D eigenvalue weighted by molar-refractivity contribution is -0.384. The summed E-state index contributed by atoms with van der Waals surface area (Å²) in [7, 11) is 0. The van der Waals surface area contributed by atoms with Crippen LogP contribution in [-0.2, 0) is 6.18 Å². The minimum Gasteiger partial charge on any atom is -0.276 e. The van der Waals surface area contributed by atoms with Gasteiger partial charge in [-0.1, -0.05) is 11.6 Å². The second-order valence-corrected chi connectivity index (χ2v) is 6.98. The van der Waals surface area contributed by atoms with E-state index >= 15 is 0 Å². The Morgan fingerprint density at radius 3 is 2.57 bits per heavy atom. The Hall–Kier alpha value is -3.49. The van der Waals surface area contributed by atoms with Crippen LogP contribution in [0.3, 0.4) is 0 Å². The van der Waals surface area contributed by atoms with Crippen LogP contribution in [0.1, 0.15) is 10.6 Å². The summed E-state index contributed by atoms with van der Waals surface area (Å²) < 4.78 is 38.6. The number of anilines is 1. The molecule has 0 atom stereocenters.